The van der Waals surface area contributed by atoms with Gasteiger partial charge in [0.15, 0.2) is 0 Å². The highest BCUT2D eigenvalue weighted by Gasteiger charge is 2.25. The lowest BCUT2D eigenvalue weighted by atomic mass is 10.1. The van der Waals surface area contributed by atoms with Crippen LogP contribution in [0.15, 0.2) is 6.33 Å². The summed E-state index contributed by atoms with van der Waals surface area (Å²) in [5.41, 5.74) is 2.00. The smallest absolute Gasteiger partial charge is 0.354 e. The van der Waals surface area contributed by atoms with Gasteiger partial charge in [0.05, 0.1) is 4.92 Å². The zero-order chi connectivity index (χ0) is 14.5. The van der Waals surface area contributed by atoms with Crippen molar-refractivity contribution in [2.24, 2.45) is 11.8 Å². The van der Waals surface area contributed by atoms with E-state index in [4.69, 9.17) is 5.84 Å². The van der Waals surface area contributed by atoms with E-state index >= 15 is 0 Å². The minimum absolute atomic E-state index is 0.00843. The SMILES string of the molecule is CCN1CCC(CNc2ncnc(NN)c2[N+](=O)[O-])C1. The number of likely N-dealkylation sites (tertiary alicyclic amines) is 1. The average molecular weight is 281 g/mol. The summed E-state index contributed by atoms with van der Waals surface area (Å²) in [5, 5.41) is 14.1. The Morgan fingerprint density at radius 1 is 1.55 bits per heavy atom. The van der Waals surface area contributed by atoms with E-state index < -0.39 is 4.92 Å². The summed E-state index contributed by atoms with van der Waals surface area (Å²) in [5.74, 6) is 5.91. The third-order valence-corrected chi connectivity index (χ3v) is 3.52. The molecule has 0 saturated carbocycles. The monoisotopic (exact) mass is 281 g/mol. The molecule has 2 heterocycles. The number of nitrogens with one attached hydrogen (secondary N) is 2. The van der Waals surface area contributed by atoms with Crippen LogP contribution in [0.3, 0.4) is 0 Å². The molecule has 1 fully saturated rings. The highest BCUT2D eigenvalue weighted by Crippen LogP contribution is 2.28. The Hall–Kier alpha value is -2.00. The number of hydrogen-bond donors (Lipinski definition) is 3. The van der Waals surface area contributed by atoms with E-state index in [1.165, 1.54) is 6.33 Å². The number of nitro groups is 1. The number of anilines is 2. The van der Waals surface area contributed by atoms with E-state index in [0.717, 1.165) is 26.1 Å². The molecule has 0 spiro atoms. The Kier molecular flexibility index (Phi) is 4.64. The van der Waals surface area contributed by atoms with Gasteiger partial charge in [-0.2, -0.15) is 0 Å². The quantitative estimate of drug-likeness (QED) is 0.389. The van der Waals surface area contributed by atoms with Crippen LogP contribution in [-0.4, -0.2) is 46.0 Å². The lowest BCUT2D eigenvalue weighted by Crippen LogP contribution is -2.23. The molecule has 0 bridgehead atoms. The molecule has 110 valence electrons. The molecule has 0 aliphatic carbocycles. The number of rotatable bonds is 6. The molecule has 0 radical (unpaired) electrons. The zero-order valence-corrected chi connectivity index (χ0v) is 11.4. The van der Waals surface area contributed by atoms with Gasteiger partial charge in [-0.3, -0.25) is 10.1 Å². The molecule has 1 aromatic rings. The van der Waals surface area contributed by atoms with Crippen molar-refractivity contribution >= 4 is 17.3 Å². The summed E-state index contributed by atoms with van der Waals surface area (Å²) < 4.78 is 0. The van der Waals surface area contributed by atoms with Crippen molar-refractivity contribution in [3.8, 4) is 0 Å². The fourth-order valence-corrected chi connectivity index (χ4v) is 2.39. The minimum Gasteiger partial charge on any atom is -0.364 e. The van der Waals surface area contributed by atoms with Gasteiger partial charge in [-0.1, -0.05) is 6.92 Å². The molecule has 9 heteroatoms. The summed E-state index contributed by atoms with van der Waals surface area (Å²) in [6.07, 6.45) is 2.33. The zero-order valence-electron chi connectivity index (χ0n) is 11.4. The maximum Gasteiger partial charge on any atom is 0.354 e. The Labute approximate surface area is 116 Å². The van der Waals surface area contributed by atoms with Gasteiger partial charge >= 0.3 is 5.69 Å². The van der Waals surface area contributed by atoms with Gasteiger partial charge in [0.25, 0.3) is 0 Å². The van der Waals surface area contributed by atoms with E-state index in [0.29, 0.717) is 12.5 Å². The number of hydrazine groups is 1. The molecule has 1 saturated heterocycles. The summed E-state index contributed by atoms with van der Waals surface area (Å²) in [7, 11) is 0. The molecule has 2 rings (SSSR count). The second-order valence-electron chi connectivity index (χ2n) is 4.75. The highest BCUT2D eigenvalue weighted by molar-refractivity contribution is 5.68. The maximum atomic E-state index is 11.1. The molecule has 1 atom stereocenters. The normalized spacial score (nSPS) is 19.0. The molecule has 20 heavy (non-hydrogen) atoms. The molecule has 0 amide bonds. The number of nitrogens with two attached hydrogens (primary N) is 1. The maximum absolute atomic E-state index is 11.1. The van der Waals surface area contributed by atoms with Crippen LogP contribution in [0, 0.1) is 16.0 Å². The molecule has 1 aromatic heterocycles. The molecule has 9 nitrogen and oxygen atoms in total. The number of nitrogens with zero attached hydrogens (tertiary/aromatic N) is 4. The Morgan fingerprint density at radius 3 is 2.90 bits per heavy atom. The van der Waals surface area contributed by atoms with Crippen molar-refractivity contribution in [2.45, 2.75) is 13.3 Å². The second-order valence-corrected chi connectivity index (χ2v) is 4.75. The molecule has 1 aliphatic rings. The summed E-state index contributed by atoms with van der Waals surface area (Å²) in [6, 6.07) is 0. The topological polar surface area (TPSA) is 122 Å². The summed E-state index contributed by atoms with van der Waals surface area (Å²) >= 11 is 0. The van der Waals surface area contributed by atoms with Gasteiger partial charge < -0.3 is 15.6 Å². The summed E-state index contributed by atoms with van der Waals surface area (Å²) in [4.78, 5) is 20.6. The van der Waals surface area contributed by atoms with Crippen molar-refractivity contribution in [2.75, 3.05) is 36.9 Å². The standard InChI is InChI=1S/C11H19N7O2/c1-2-17-4-3-8(6-17)5-13-10-9(18(19)20)11(16-12)15-7-14-10/h7-8H,2-6,12H2,1H3,(H2,13,14,15,16). The molecular formula is C11H19N7O2. The largest absolute Gasteiger partial charge is 0.364 e. The number of nitrogen functional groups attached to an aromatic ring is 1. The van der Waals surface area contributed by atoms with Crippen LogP contribution in [0.4, 0.5) is 17.3 Å². The van der Waals surface area contributed by atoms with E-state index in [1.54, 1.807) is 0 Å². The number of aromatic nitrogens is 2. The predicted molar refractivity (Wildman–Crippen MR) is 75.2 cm³/mol. The third kappa shape index (κ3) is 3.11. The van der Waals surface area contributed by atoms with Crippen LogP contribution >= 0.6 is 0 Å². The first kappa shape index (κ1) is 14.4. The first-order valence-electron chi connectivity index (χ1n) is 6.58. The van der Waals surface area contributed by atoms with Crippen LogP contribution in [0.25, 0.3) is 0 Å². The molecule has 4 N–H and O–H groups in total. The summed E-state index contributed by atoms with van der Waals surface area (Å²) in [6.45, 7) is 5.89. The Bertz CT molecular complexity index is 482. The van der Waals surface area contributed by atoms with Crippen LogP contribution in [-0.2, 0) is 0 Å². The first-order chi connectivity index (χ1) is 9.65. The Morgan fingerprint density at radius 2 is 2.30 bits per heavy atom. The van der Waals surface area contributed by atoms with E-state index in [2.05, 4.69) is 32.5 Å². The average Bonchev–Trinajstić information content (AvgIpc) is 2.92. The fourth-order valence-electron chi connectivity index (χ4n) is 2.39. The number of hydrogen-bond acceptors (Lipinski definition) is 8. The van der Waals surface area contributed by atoms with Gasteiger partial charge in [-0.05, 0) is 25.4 Å². The first-order valence-corrected chi connectivity index (χ1v) is 6.58. The van der Waals surface area contributed by atoms with Gasteiger partial charge in [0, 0.05) is 13.1 Å². The Balaban J connectivity index is 2.04. The van der Waals surface area contributed by atoms with Crippen LogP contribution in [0.2, 0.25) is 0 Å². The molecule has 1 unspecified atom stereocenters. The van der Waals surface area contributed by atoms with Crippen molar-refractivity contribution < 1.29 is 4.92 Å². The van der Waals surface area contributed by atoms with Crippen LogP contribution in [0.1, 0.15) is 13.3 Å². The molecular weight excluding hydrogens is 262 g/mol. The van der Waals surface area contributed by atoms with Crippen molar-refractivity contribution in [3.63, 3.8) is 0 Å². The van der Waals surface area contributed by atoms with E-state index in [1.807, 2.05) is 0 Å². The highest BCUT2D eigenvalue weighted by atomic mass is 16.6. The lowest BCUT2D eigenvalue weighted by Gasteiger charge is -2.14. The van der Waals surface area contributed by atoms with Crippen molar-refractivity contribution in [1.82, 2.24) is 14.9 Å². The minimum atomic E-state index is -0.537. The van der Waals surface area contributed by atoms with Gasteiger partial charge in [0.1, 0.15) is 6.33 Å². The van der Waals surface area contributed by atoms with E-state index in [-0.39, 0.29) is 17.3 Å². The third-order valence-electron chi connectivity index (χ3n) is 3.52. The van der Waals surface area contributed by atoms with Crippen molar-refractivity contribution in [3.05, 3.63) is 16.4 Å². The van der Waals surface area contributed by atoms with Gasteiger partial charge in [0.2, 0.25) is 11.6 Å². The van der Waals surface area contributed by atoms with Crippen molar-refractivity contribution in [1.29, 1.82) is 0 Å². The van der Waals surface area contributed by atoms with Crippen LogP contribution < -0.4 is 16.6 Å². The molecule has 1 aliphatic heterocycles. The second kappa shape index (κ2) is 6.44. The van der Waals surface area contributed by atoms with Gasteiger partial charge in [-0.15, -0.1) is 0 Å². The molecule has 0 aromatic carbocycles. The van der Waals surface area contributed by atoms with Gasteiger partial charge in [-0.25, -0.2) is 15.8 Å². The predicted octanol–water partition coefficient (Wildman–Crippen LogP) is 0.424. The lowest BCUT2D eigenvalue weighted by molar-refractivity contribution is -0.383. The fraction of sp³-hybridized carbons (Fsp3) is 0.636. The van der Waals surface area contributed by atoms with E-state index in [9.17, 15) is 10.1 Å². The van der Waals surface area contributed by atoms with Crippen LogP contribution in [0.5, 0.6) is 0 Å².